The molecule has 0 saturated carbocycles. The van der Waals surface area contributed by atoms with Gasteiger partial charge in [0, 0.05) is 60.5 Å². The van der Waals surface area contributed by atoms with E-state index in [4.69, 9.17) is 27.9 Å². The highest BCUT2D eigenvalue weighted by molar-refractivity contribution is 7.20. The van der Waals surface area contributed by atoms with Gasteiger partial charge in [-0.3, -0.25) is 14.9 Å². The largest absolute Gasteiger partial charge is 0.489 e. The zero-order valence-corrected chi connectivity index (χ0v) is 23.7. The van der Waals surface area contributed by atoms with Crippen molar-refractivity contribution in [3.05, 3.63) is 120 Å². The Bertz CT molecular complexity index is 1780. The standard InChI is InChI=1S/C29H22Cl2N4O4S/c1-17-11-21(15-32-33-29(36)28-13-20-12-24(35(37)38)7-10-27(20)40-28)18(2)34(17)23-5-8-25(9-6-23)39-16-19-3-4-22(30)14-26(19)31/h3-15H,16H2,1-2H3,(H,33,36)/b32-15-. The molecule has 0 fully saturated rings. The summed E-state index contributed by atoms with van der Waals surface area (Å²) in [4.78, 5) is 23.6. The molecule has 5 aromatic rings. The van der Waals surface area contributed by atoms with E-state index in [1.165, 1.54) is 23.5 Å². The molecule has 0 aliphatic heterocycles. The van der Waals surface area contributed by atoms with Crippen LogP contribution in [-0.2, 0) is 6.61 Å². The second kappa shape index (κ2) is 11.5. The number of fused-ring (bicyclic) bond motifs is 1. The maximum Gasteiger partial charge on any atom is 0.281 e. The van der Waals surface area contributed by atoms with Gasteiger partial charge in [-0.25, -0.2) is 5.43 Å². The van der Waals surface area contributed by atoms with Crippen LogP contribution >= 0.6 is 34.5 Å². The van der Waals surface area contributed by atoms with Crippen LogP contribution in [0.1, 0.15) is 32.2 Å². The van der Waals surface area contributed by atoms with Crippen molar-refractivity contribution < 1.29 is 14.5 Å². The molecule has 3 aromatic carbocycles. The van der Waals surface area contributed by atoms with E-state index in [-0.39, 0.29) is 11.6 Å². The van der Waals surface area contributed by atoms with Gasteiger partial charge in [-0.15, -0.1) is 11.3 Å². The van der Waals surface area contributed by atoms with Crippen LogP contribution in [0.3, 0.4) is 0 Å². The molecule has 8 nitrogen and oxygen atoms in total. The van der Waals surface area contributed by atoms with E-state index in [9.17, 15) is 14.9 Å². The number of non-ortho nitro benzene ring substituents is 1. The molecule has 5 rings (SSSR count). The second-order valence-corrected chi connectivity index (χ2v) is 10.9. The first-order chi connectivity index (χ1) is 19.2. The summed E-state index contributed by atoms with van der Waals surface area (Å²) in [6, 6.07) is 21.2. The summed E-state index contributed by atoms with van der Waals surface area (Å²) in [5.74, 6) is 0.321. The van der Waals surface area contributed by atoms with Crippen molar-refractivity contribution in [2.75, 3.05) is 0 Å². The highest BCUT2D eigenvalue weighted by Gasteiger charge is 2.14. The molecule has 0 bridgehead atoms. The highest BCUT2D eigenvalue weighted by atomic mass is 35.5. The number of aromatic nitrogens is 1. The van der Waals surface area contributed by atoms with Gasteiger partial charge in [0.25, 0.3) is 11.6 Å². The van der Waals surface area contributed by atoms with Crippen LogP contribution in [0.2, 0.25) is 10.0 Å². The van der Waals surface area contributed by atoms with E-state index in [1.54, 1.807) is 30.5 Å². The molecule has 0 atom stereocenters. The van der Waals surface area contributed by atoms with Crippen molar-refractivity contribution in [1.82, 2.24) is 9.99 Å². The minimum atomic E-state index is -0.459. The summed E-state index contributed by atoms with van der Waals surface area (Å²) < 4.78 is 8.76. The first-order valence-corrected chi connectivity index (χ1v) is 13.6. The minimum Gasteiger partial charge on any atom is -0.489 e. The Balaban J connectivity index is 1.25. The molecule has 0 unspecified atom stereocenters. The predicted octanol–water partition coefficient (Wildman–Crippen LogP) is 7.87. The Kier molecular flexibility index (Phi) is 7.88. The number of carbonyl (C=O) groups is 1. The number of hydrazone groups is 1. The first-order valence-electron chi connectivity index (χ1n) is 12.1. The van der Waals surface area contributed by atoms with Gasteiger partial charge < -0.3 is 9.30 Å². The monoisotopic (exact) mass is 592 g/mol. The van der Waals surface area contributed by atoms with E-state index in [2.05, 4.69) is 15.1 Å². The lowest BCUT2D eigenvalue weighted by atomic mass is 10.2. The average Bonchev–Trinajstić information content (AvgIpc) is 3.48. The van der Waals surface area contributed by atoms with Crippen molar-refractivity contribution in [3.63, 3.8) is 0 Å². The van der Waals surface area contributed by atoms with E-state index in [0.29, 0.717) is 32.7 Å². The predicted molar refractivity (Wildman–Crippen MR) is 160 cm³/mol. The van der Waals surface area contributed by atoms with Gasteiger partial charge in [0.1, 0.15) is 12.4 Å². The number of nitrogens with one attached hydrogen (secondary N) is 1. The summed E-state index contributed by atoms with van der Waals surface area (Å²) in [5.41, 5.74) is 7.13. The van der Waals surface area contributed by atoms with Crippen molar-refractivity contribution >= 4 is 62.4 Å². The summed E-state index contributed by atoms with van der Waals surface area (Å²) >= 11 is 13.4. The van der Waals surface area contributed by atoms with Gasteiger partial charge in [-0.2, -0.15) is 5.10 Å². The molecule has 0 aliphatic rings. The third-order valence-corrected chi connectivity index (χ3v) is 7.98. The van der Waals surface area contributed by atoms with E-state index in [1.807, 2.05) is 50.2 Å². The van der Waals surface area contributed by atoms with Crippen LogP contribution in [0.15, 0.2) is 77.9 Å². The molecule has 202 valence electrons. The number of hydrogen-bond acceptors (Lipinski definition) is 6. The molecular weight excluding hydrogens is 571 g/mol. The van der Waals surface area contributed by atoms with Crippen molar-refractivity contribution in [1.29, 1.82) is 0 Å². The van der Waals surface area contributed by atoms with Gasteiger partial charge in [-0.05, 0) is 68.4 Å². The maximum atomic E-state index is 12.6. The number of thiophene rings is 1. The van der Waals surface area contributed by atoms with Gasteiger partial charge in [0.15, 0.2) is 0 Å². The smallest absolute Gasteiger partial charge is 0.281 e. The van der Waals surface area contributed by atoms with Gasteiger partial charge in [-0.1, -0.05) is 29.3 Å². The lowest BCUT2D eigenvalue weighted by molar-refractivity contribution is -0.384. The number of ether oxygens (including phenoxy) is 1. The number of nitro benzene ring substituents is 1. The summed E-state index contributed by atoms with van der Waals surface area (Å²) in [7, 11) is 0. The zero-order valence-electron chi connectivity index (χ0n) is 21.4. The Hall–Kier alpha value is -4.18. The van der Waals surface area contributed by atoms with Gasteiger partial charge in [0.05, 0.1) is 16.0 Å². The fourth-order valence-corrected chi connectivity index (χ4v) is 5.67. The van der Waals surface area contributed by atoms with Gasteiger partial charge >= 0.3 is 0 Å². The molecule has 0 radical (unpaired) electrons. The second-order valence-electron chi connectivity index (χ2n) is 8.97. The number of aryl methyl sites for hydroxylation is 1. The fourth-order valence-electron chi connectivity index (χ4n) is 4.28. The molecule has 2 aromatic heterocycles. The lowest BCUT2D eigenvalue weighted by Crippen LogP contribution is -2.16. The molecule has 1 N–H and O–H groups in total. The van der Waals surface area contributed by atoms with Crippen LogP contribution in [0, 0.1) is 24.0 Å². The summed E-state index contributed by atoms with van der Waals surface area (Å²) in [6.07, 6.45) is 1.60. The molecule has 2 heterocycles. The topological polar surface area (TPSA) is 98.8 Å². The number of rotatable bonds is 8. The quantitative estimate of drug-likeness (QED) is 0.112. The minimum absolute atomic E-state index is 0.0179. The van der Waals surface area contributed by atoms with E-state index < -0.39 is 4.92 Å². The fraction of sp³-hybridized carbons (Fsp3) is 0.103. The van der Waals surface area contributed by atoms with Crippen LogP contribution < -0.4 is 10.2 Å². The normalized spacial score (nSPS) is 11.3. The van der Waals surface area contributed by atoms with Crippen LogP contribution in [0.4, 0.5) is 5.69 Å². The molecule has 0 aliphatic carbocycles. The molecular formula is C29H22Cl2N4O4S. The van der Waals surface area contributed by atoms with E-state index >= 15 is 0 Å². The van der Waals surface area contributed by atoms with Crippen LogP contribution in [0.5, 0.6) is 5.75 Å². The molecule has 0 saturated heterocycles. The summed E-state index contributed by atoms with van der Waals surface area (Å²) in [5, 5.41) is 16.9. The third-order valence-electron chi connectivity index (χ3n) is 6.28. The average molecular weight is 593 g/mol. The van der Waals surface area contributed by atoms with Crippen molar-refractivity contribution in [2.45, 2.75) is 20.5 Å². The SMILES string of the molecule is Cc1cc(/C=N\NC(=O)c2cc3cc([N+](=O)[O-])ccc3s2)c(C)n1-c1ccc(OCc2ccc(Cl)cc2Cl)cc1. The maximum absolute atomic E-state index is 12.6. The molecule has 11 heteroatoms. The molecule has 40 heavy (non-hydrogen) atoms. The number of hydrogen-bond donors (Lipinski definition) is 1. The number of nitro groups is 1. The highest BCUT2D eigenvalue weighted by Crippen LogP contribution is 2.29. The third kappa shape index (κ3) is 5.86. The first kappa shape index (κ1) is 27.4. The van der Waals surface area contributed by atoms with E-state index in [0.717, 1.165) is 32.9 Å². The van der Waals surface area contributed by atoms with Crippen molar-refractivity contribution in [3.8, 4) is 11.4 Å². The Morgan fingerprint density at radius 3 is 2.58 bits per heavy atom. The number of halogens is 2. The Morgan fingerprint density at radius 2 is 1.85 bits per heavy atom. The Labute approximate surface area is 243 Å². The number of benzene rings is 3. The van der Waals surface area contributed by atoms with Crippen LogP contribution in [-0.4, -0.2) is 21.6 Å². The molecule has 0 spiro atoms. The summed E-state index contributed by atoms with van der Waals surface area (Å²) in [6.45, 7) is 4.29. The van der Waals surface area contributed by atoms with Crippen molar-refractivity contribution in [2.24, 2.45) is 5.10 Å². The number of nitrogens with zero attached hydrogens (tertiary/aromatic N) is 3. The number of carbonyl (C=O) groups excluding carboxylic acids is 1. The van der Waals surface area contributed by atoms with Crippen LogP contribution in [0.25, 0.3) is 15.8 Å². The Morgan fingerprint density at radius 1 is 1.07 bits per heavy atom. The van der Waals surface area contributed by atoms with Gasteiger partial charge in [0.2, 0.25) is 0 Å². The number of amides is 1. The lowest BCUT2D eigenvalue weighted by Gasteiger charge is -2.12. The zero-order chi connectivity index (χ0) is 28.4. The molecule has 1 amide bonds.